The second-order valence-electron chi connectivity index (χ2n) is 8.24. The van der Waals surface area contributed by atoms with E-state index in [1.54, 1.807) is 60.7 Å². The Morgan fingerprint density at radius 3 is 2.25 bits per heavy atom. The van der Waals surface area contributed by atoms with Gasteiger partial charge >= 0.3 is 0 Å². The van der Waals surface area contributed by atoms with Gasteiger partial charge in [0.25, 0.3) is 0 Å². The number of hydrogen-bond donors (Lipinski definition) is 2. The van der Waals surface area contributed by atoms with Crippen LogP contribution < -0.4 is 11.1 Å². The van der Waals surface area contributed by atoms with Gasteiger partial charge in [0, 0.05) is 29.9 Å². The third-order valence-corrected chi connectivity index (χ3v) is 7.81. The van der Waals surface area contributed by atoms with Crippen molar-refractivity contribution in [3.8, 4) is 0 Å². The largest absolute Gasteiger partial charge is 0.370 e. The Hall–Kier alpha value is -3.53. The smallest absolute Gasteiger partial charge is 0.243 e. The molecule has 5 rings (SSSR count). The molecule has 6 nitrogen and oxygen atoms in total. The third-order valence-electron chi connectivity index (χ3n) is 6.00. The van der Waals surface area contributed by atoms with Gasteiger partial charge in [0.05, 0.1) is 4.90 Å². The minimum atomic E-state index is -3.91. The van der Waals surface area contributed by atoms with Crippen molar-refractivity contribution in [3.05, 3.63) is 118 Å². The molecule has 36 heavy (non-hydrogen) atoms. The highest BCUT2D eigenvalue weighted by atomic mass is 35.5. The quantitative estimate of drug-likeness (QED) is 0.526. The summed E-state index contributed by atoms with van der Waals surface area (Å²) < 4.78 is 57.7. The van der Waals surface area contributed by atoms with Gasteiger partial charge in [-0.25, -0.2) is 22.2 Å². The van der Waals surface area contributed by atoms with Crippen LogP contribution in [0, 0.1) is 11.6 Å². The molecular weight excluding hydrogens is 506 g/mol. The molecule has 0 aromatic heterocycles. The summed E-state index contributed by atoms with van der Waals surface area (Å²) in [6.07, 6.45) is 1.58. The van der Waals surface area contributed by atoms with Crippen LogP contribution in [0.1, 0.15) is 17.2 Å². The fourth-order valence-corrected chi connectivity index (χ4v) is 5.74. The molecule has 3 N–H and O–H groups in total. The van der Waals surface area contributed by atoms with Crippen LogP contribution in [-0.2, 0) is 10.0 Å². The van der Waals surface area contributed by atoms with Gasteiger partial charge in [0.15, 0.2) is 5.96 Å². The zero-order chi connectivity index (χ0) is 24.6. The highest BCUT2D eigenvalue weighted by molar-refractivity contribution is 7.89. The zero-order valence-electron chi connectivity index (χ0n) is 18.9. The molecule has 0 amide bonds. The molecule has 3 aromatic carbocycles. The van der Waals surface area contributed by atoms with Gasteiger partial charge in [-0.3, -0.25) is 0 Å². The highest BCUT2D eigenvalue weighted by Crippen LogP contribution is 2.39. The molecule has 1 unspecified atom stereocenters. The molecule has 10 heteroatoms. The van der Waals surface area contributed by atoms with E-state index < -0.39 is 27.7 Å². The van der Waals surface area contributed by atoms with Crippen molar-refractivity contribution in [1.82, 2.24) is 9.62 Å². The predicted octanol–water partition coefficient (Wildman–Crippen LogP) is 4.39. The van der Waals surface area contributed by atoms with E-state index >= 15 is 0 Å². The van der Waals surface area contributed by atoms with Crippen LogP contribution in [0.3, 0.4) is 0 Å². The normalized spacial score (nSPS) is 19.2. The minimum absolute atomic E-state index is 0. The molecule has 0 radical (unpaired) electrons. The molecular formula is C26H23ClF2N4O2S. The number of nitrogens with two attached hydrogens (primary N) is 1. The first kappa shape index (κ1) is 25.6. The number of nitrogens with zero attached hydrogens (tertiary/aromatic N) is 2. The van der Waals surface area contributed by atoms with Crippen LogP contribution in [0.15, 0.2) is 106 Å². The summed E-state index contributed by atoms with van der Waals surface area (Å²) in [4.78, 5) is 4.54. The first-order valence-corrected chi connectivity index (χ1v) is 12.4. The standard InChI is InChI=1S/C26H22F2N4O2S.ClH/c27-22-12-6-4-8-17(22)14-18-15-32(35(33,34)19-9-2-1-3-10-19)16-21-24(18)30-26(29)31-25(21)20-11-5-7-13-23(20)28;/h1-14,25H,15-16H2,(H3,29,30,31);1H/b18-14+;. The van der Waals surface area contributed by atoms with Gasteiger partial charge in [-0.2, -0.15) is 4.31 Å². The topological polar surface area (TPSA) is 87.8 Å². The van der Waals surface area contributed by atoms with Crippen molar-refractivity contribution in [2.45, 2.75) is 10.9 Å². The third kappa shape index (κ3) is 4.77. The monoisotopic (exact) mass is 528 g/mol. The molecule has 0 saturated heterocycles. The molecule has 2 heterocycles. The number of nitrogens with one attached hydrogen (secondary N) is 1. The SMILES string of the molecule is Cl.NC1=NC(c2ccccc2F)C2=C(N1)/C(=C/c1ccccc1F)CN(S(=O)(=O)c1ccccc1)C2. The average molecular weight is 529 g/mol. The molecule has 2 aliphatic heterocycles. The number of hydrogen-bond acceptors (Lipinski definition) is 5. The van der Waals surface area contributed by atoms with E-state index in [0.29, 0.717) is 22.4 Å². The van der Waals surface area contributed by atoms with Gasteiger partial charge in [-0.15, -0.1) is 12.4 Å². The Kier molecular flexibility index (Phi) is 7.26. The number of benzene rings is 3. The maximum Gasteiger partial charge on any atom is 0.243 e. The van der Waals surface area contributed by atoms with Crippen molar-refractivity contribution in [2.24, 2.45) is 10.7 Å². The Balaban J connectivity index is 0.00000304. The molecule has 0 bridgehead atoms. The van der Waals surface area contributed by atoms with Gasteiger partial charge in [0.1, 0.15) is 17.7 Å². The number of halogens is 3. The van der Waals surface area contributed by atoms with Gasteiger partial charge < -0.3 is 11.1 Å². The molecule has 0 spiro atoms. The molecule has 2 aliphatic rings. The summed E-state index contributed by atoms with van der Waals surface area (Å²) in [7, 11) is -3.91. The summed E-state index contributed by atoms with van der Waals surface area (Å²) in [6.45, 7) is -0.0708. The van der Waals surface area contributed by atoms with E-state index in [-0.39, 0.29) is 41.9 Å². The first-order valence-electron chi connectivity index (χ1n) is 10.9. The highest BCUT2D eigenvalue weighted by Gasteiger charge is 2.38. The fraction of sp³-hybridized carbons (Fsp3) is 0.115. The maximum atomic E-state index is 14.8. The van der Waals surface area contributed by atoms with E-state index in [9.17, 15) is 17.2 Å². The van der Waals surface area contributed by atoms with Crippen molar-refractivity contribution < 1.29 is 17.2 Å². The number of sulfonamides is 1. The lowest BCUT2D eigenvalue weighted by molar-refractivity contribution is 0.434. The summed E-state index contributed by atoms with van der Waals surface area (Å²) in [6, 6.07) is 19.6. The second kappa shape index (κ2) is 10.2. The number of rotatable bonds is 4. The molecule has 3 aromatic rings. The van der Waals surface area contributed by atoms with E-state index in [1.165, 1.54) is 28.6 Å². The molecule has 0 aliphatic carbocycles. The zero-order valence-corrected chi connectivity index (χ0v) is 20.6. The molecule has 186 valence electrons. The Morgan fingerprint density at radius 1 is 0.917 bits per heavy atom. The fourth-order valence-electron chi connectivity index (χ4n) is 4.32. The van der Waals surface area contributed by atoms with E-state index in [0.717, 1.165) is 0 Å². The van der Waals surface area contributed by atoms with Crippen molar-refractivity contribution in [2.75, 3.05) is 13.1 Å². The van der Waals surface area contributed by atoms with Crippen LogP contribution >= 0.6 is 12.4 Å². The van der Waals surface area contributed by atoms with Crippen LogP contribution in [-0.4, -0.2) is 31.8 Å². The molecule has 1 atom stereocenters. The van der Waals surface area contributed by atoms with Crippen LogP contribution in [0.4, 0.5) is 8.78 Å². The van der Waals surface area contributed by atoms with Crippen molar-refractivity contribution >= 4 is 34.5 Å². The van der Waals surface area contributed by atoms with Crippen LogP contribution in [0.5, 0.6) is 0 Å². The van der Waals surface area contributed by atoms with Gasteiger partial charge in [-0.1, -0.05) is 54.6 Å². The lowest BCUT2D eigenvalue weighted by atomic mass is 9.90. The molecule has 0 saturated carbocycles. The first-order chi connectivity index (χ1) is 16.8. The molecule has 0 fully saturated rings. The van der Waals surface area contributed by atoms with E-state index in [2.05, 4.69) is 10.3 Å². The lowest BCUT2D eigenvalue weighted by Gasteiger charge is -2.37. The van der Waals surface area contributed by atoms with Crippen LogP contribution in [0.2, 0.25) is 0 Å². The summed E-state index contributed by atoms with van der Waals surface area (Å²) in [5.74, 6) is -0.866. The van der Waals surface area contributed by atoms with E-state index in [1.807, 2.05) is 0 Å². The van der Waals surface area contributed by atoms with Crippen molar-refractivity contribution in [3.63, 3.8) is 0 Å². The van der Waals surface area contributed by atoms with Gasteiger partial charge in [0.2, 0.25) is 10.0 Å². The Morgan fingerprint density at radius 2 is 1.56 bits per heavy atom. The van der Waals surface area contributed by atoms with E-state index in [4.69, 9.17) is 5.73 Å². The number of aliphatic imine (C=N–C) groups is 1. The Labute approximate surface area is 214 Å². The summed E-state index contributed by atoms with van der Waals surface area (Å²) in [5.41, 5.74) is 8.17. The Bertz CT molecular complexity index is 1490. The van der Waals surface area contributed by atoms with Crippen molar-refractivity contribution in [1.29, 1.82) is 0 Å². The maximum absolute atomic E-state index is 14.8. The van der Waals surface area contributed by atoms with Crippen LogP contribution in [0.25, 0.3) is 6.08 Å². The lowest BCUT2D eigenvalue weighted by Crippen LogP contribution is -2.46. The summed E-state index contributed by atoms with van der Waals surface area (Å²) in [5, 5.41) is 3.01. The summed E-state index contributed by atoms with van der Waals surface area (Å²) >= 11 is 0. The average Bonchev–Trinajstić information content (AvgIpc) is 2.86. The van der Waals surface area contributed by atoms with Gasteiger partial charge in [-0.05, 0) is 41.5 Å². The number of guanidine groups is 1. The minimum Gasteiger partial charge on any atom is -0.370 e. The second-order valence-corrected chi connectivity index (χ2v) is 10.2. The predicted molar refractivity (Wildman–Crippen MR) is 138 cm³/mol.